The minimum Gasteiger partial charge on any atom is -0.354 e. The van der Waals surface area contributed by atoms with Gasteiger partial charge in [0.15, 0.2) is 0 Å². The van der Waals surface area contributed by atoms with Crippen LogP contribution in [0.4, 0.5) is 13.2 Å². The summed E-state index contributed by atoms with van der Waals surface area (Å²) in [7, 11) is 0. The fraction of sp³-hybridized carbons (Fsp3) is 0.917. The molecular formula is C12H22F3N3O. The molecule has 1 fully saturated rings. The lowest BCUT2D eigenvalue weighted by Crippen LogP contribution is -2.45. The topological polar surface area (TPSA) is 58.4 Å². The maximum absolute atomic E-state index is 12.2. The van der Waals surface area contributed by atoms with Crippen LogP contribution in [-0.4, -0.2) is 49.2 Å². The average molecular weight is 281 g/mol. The van der Waals surface area contributed by atoms with Crippen molar-refractivity contribution in [3.05, 3.63) is 0 Å². The van der Waals surface area contributed by atoms with E-state index in [1.54, 1.807) is 0 Å². The van der Waals surface area contributed by atoms with E-state index in [-0.39, 0.29) is 17.7 Å². The Morgan fingerprint density at radius 2 is 2.11 bits per heavy atom. The molecule has 1 unspecified atom stereocenters. The molecule has 112 valence electrons. The van der Waals surface area contributed by atoms with Crippen LogP contribution in [0.5, 0.6) is 0 Å². The summed E-state index contributed by atoms with van der Waals surface area (Å²) >= 11 is 0. The number of carbonyl (C=O) groups excluding carboxylic acids is 1. The number of nitrogens with two attached hydrogens (primary N) is 1. The molecule has 4 nitrogen and oxygen atoms in total. The van der Waals surface area contributed by atoms with Crippen molar-refractivity contribution in [3.63, 3.8) is 0 Å². The highest BCUT2D eigenvalue weighted by Crippen LogP contribution is 2.22. The van der Waals surface area contributed by atoms with E-state index in [9.17, 15) is 18.0 Å². The molecule has 2 atom stereocenters. The van der Waals surface area contributed by atoms with E-state index in [2.05, 4.69) is 5.32 Å². The lowest BCUT2D eigenvalue weighted by Gasteiger charge is -2.19. The zero-order valence-electron chi connectivity index (χ0n) is 11.3. The van der Waals surface area contributed by atoms with Crippen LogP contribution in [0.25, 0.3) is 0 Å². The molecule has 7 heteroatoms. The van der Waals surface area contributed by atoms with Crippen molar-refractivity contribution in [2.24, 2.45) is 17.6 Å². The molecule has 0 bridgehead atoms. The van der Waals surface area contributed by atoms with Crippen molar-refractivity contribution in [1.82, 2.24) is 10.2 Å². The molecule has 1 rings (SSSR count). The number of hydrogen-bond acceptors (Lipinski definition) is 3. The number of nitrogens with zero attached hydrogens (tertiary/aromatic N) is 1. The third-order valence-corrected chi connectivity index (χ3v) is 3.36. The van der Waals surface area contributed by atoms with Crippen LogP contribution >= 0.6 is 0 Å². The smallest absolute Gasteiger partial charge is 0.354 e. The standard InChI is InChI=1S/C12H22F3N3O/c1-8(2)10(16)11(19)17-5-9-3-4-18(6-9)7-12(13,14)15/h8-10H,3-7,16H2,1-2H3,(H,17,19)/t9?,10-/m0/s1. The van der Waals surface area contributed by atoms with Crippen molar-refractivity contribution in [1.29, 1.82) is 0 Å². The van der Waals surface area contributed by atoms with Gasteiger partial charge in [0.1, 0.15) is 0 Å². The summed E-state index contributed by atoms with van der Waals surface area (Å²) < 4.78 is 36.6. The maximum Gasteiger partial charge on any atom is 0.401 e. The largest absolute Gasteiger partial charge is 0.401 e. The number of rotatable bonds is 5. The van der Waals surface area contributed by atoms with Gasteiger partial charge in [-0.2, -0.15) is 13.2 Å². The Kier molecular flexibility index (Phi) is 5.61. The summed E-state index contributed by atoms with van der Waals surface area (Å²) in [6.07, 6.45) is -3.48. The molecule has 0 aliphatic carbocycles. The second-order valence-corrected chi connectivity index (χ2v) is 5.52. The van der Waals surface area contributed by atoms with E-state index >= 15 is 0 Å². The number of alkyl halides is 3. The highest BCUT2D eigenvalue weighted by atomic mass is 19.4. The Balaban J connectivity index is 2.27. The number of hydrogen-bond donors (Lipinski definition) is 2. The molecule has 0 radical (unpaired) electrons. The van der Waals surface area contributed by atoms with Crippen LogP contribution in [0.3, 0.4) is 0 Å². The van der Waals surface area contributed by atoms with Crippen molar-refractivity contribution < 1.29 is 18.0 Å². The van der Waals surface area contributed by atoms with Crippen molar-refractivity contribution in [2.75, 3.05) is 26.2 Å². The van der Waals surface area contributed by atoms with E-state index in [0.29, 0.717) is 26.1 Å². The predicted molar refractivity (Wildman–Crippen MR) is 66.4 cm³/mol. The normalized spacial score (nSPS) is 22.8. The highest BCUT2D eigenvalue weighted by Gasteiger charge is 2.34. The lowest BCUT2D eigenvalue weighted by molar-refractivity contribution is -0.143. The van der Waals surface area contributed by atoms with Gasteiger partial charge < -0.3 is 11.1 Å². The van der Waals surface area contributed by atoms with Gasteiger partial charge in [-0.1, -0.05) is 13.8 Å². The van der Waals surface area contributed by atoms with Gasteiger partial charge in [-0.05, 0) is 24.8 Å². The quantitative estimate of drug-likeness (QED) is 0.789. The molecule has 0 aromatic carbocycles. The number of likely N-dealkylation sites (tertiary alicyclic amines) is 1. The summed E-state index contributed by atoms with van der Waals surface area (Å²) in [5.41, 5.74) is 5.68. The SMILES string of the molecule is CC(C)[C@H](N)C(=O)NCC1CCN(CC(F)(F)F)C1. The first kappa shape index (κ1) is 16.2. The van der Waals surface area contributed by atoms with Gasteiger partial charge in [0.25, 0.3) is 0 Å². The Bertz CT molecular complexity index is 307. The lowest BCUT2D eigenvalue weighted by atomic mass is 10.0. The Hall–Kier alpha value is -0.820. The third-order valence-electron chi connectivity index (χ3n) is 3.36. The number of amides is 1. The zero-order chi connectivity index (χ0) is 14.6. The summed E-state index contributed by atoms with van der Waals surface area (Å²) in [5, 5.41) is 2.72. The number of nitrogens with one attached hydrogen (secondary N) is 1. The molecule has 0 aromatic rings. The van der Waals surface area contributed by atoms with Gasteiger partial charge in [0.05, 0.1) is 12.6 Å². The van der Waals surface area contributed by atoms with Gasteiger partial charge in [-0.15, -0.1) is 0 Å². The van der Waals surface area contributed by atoms with Crippen LogP contribution in [-0.2, 0) is 4.79 Å². The zero-order valence-corrected chi connectivity index (χ0v) is 11.3. The fourth-order valence-electron chi connectivity index (χ4n) is 2.14. The molecule has 1 aliphatic rings. The first-order valence-corrected chi connectivity index (χ1v) is 6.51. The predicted octanol–water partition coefficient (Wildman–Crippen LogP) is 0.970. The molecule has 0 saturated carbocycles. The van der Waals surface area contributed by atoms with E-state index in [4.69, 9.17) is 5.73 Å². The summed E-state index contributed by atoms with van der Waals surface area (Å²) in [4.78, 5) is 13.0. The maximum atomic E-state index is 12.2. The van der Waals surface area contributed by atoms with Crippen molar-refractivity contribution in [3.8, 4) is 0 Å². The number of halogens is 3. The van der Waals surface area contributed by atoms with Crippen LogP contribution in [0.2, 0.25) is 0 Å². The van der Waals surface area contributed by atoms with Crippen molar-refractivity contribution >= 4 is 5.91 Å². The minimum absolute atomic E-state index is 0.0466. The van der Waals surface area contributed by atoms with E-state index < -0.39 is 18.8 Å². The summed E-state index contributed by atoms with van der Waals surface area (Å²) in [5.74, 6) is -0.111. The van der Waals surface area contributed by atoms with Gasteiger partial charge in [-0.3, -0.25) is 9.69 Å². The average Bonchev–Trinajstić information content (AvgIpc) is 2.69. The van der Waals surface area contributed by atoms with Crippen LogP contribution in [0.1, 0.15) is 20.3 Å². The molecule has 1 saturated heterocycles. The second kappa shape index (κ2) is 6.56. The second-order valence-electron chi connectivity index (χ2n) is 5.52. The fourth-order valence-corrected chi connectivity index (χ4v) is 2.14. The van der Waals surface area contributed by atoms with Gasteiger partial charge in [-0.25, -0.2) is 0 Å². The van der Waals surface area contributed by atoms with Crippen molar-refractivity contribution in [2.45, 2.75) is 32.5 Å². The summed E-state index contributed by atoms with van der Waals surface area (Å²) in [6, 6.07) is -0.562. The van der Waals surface area contributed by atoms with Gasteiger partial charge in [0, 0.05) is 13.1 Å². The van der Waals surface area contributed by atoms with Gasteiger partial charge in [0.2, 0.25) is 5.91 Å². The molecule has 1 aliphatic heterocycles. The van der Waals surface area contributed by atoms with Crippen LogP contribution in [0, 0.1) is 11.8 Å². The van der Waals surface area contributed by atoms with E-state index in [1.165, 1.54) is 4.90 Å². The van der Waals surface area contributed by atoms with Crippen LogP contribution < -0.4 is 11.1 Å². The highest BCUT2D eigenvalue weighted by molar-refractivity contribution is 5.81. The van der Waals surface area contributed by atoms with E-state index in [1.807, 2.05) is 13.8 Å². The Labute approximate surface area is 111 Å². The Morgan fingerprint density at radius 3 is 2.63 bits per heavy atom. The van der Waals surface area contributed by atoms with Crippen LogP contribution in [0.15, 0.2) is 0 Å². The minimum atomic E-state index is -4.15. The van der Waals surface area contributed by atoms with E-state index in [0.717, 1.165) is 0 Å². The molecule has 0 aromatic heterocycles. The molecule has 1 amide bonds. The summed E-state index contributed by atoms with van der Waals surface area (Å²) in [6.45, 7) is 4.03. The molecular weight excluding hydrogens is 259 g/mol. The van der Waals surface area contributed by atoms with Gasteiger partial charge >= 0.3 is 6.18 Å². The third kappa shape index (κ3) is 5.78. The molecule has 3 N–H and O–H groups in total. The first-order valence-electron chi connectivity index (χ1n) is 6.51. The molecule has 0 spiro atoms. The Morgan fingerprint density at radius 1 is 1.47 bits per heavy atom. The number of carbonyl (C=O) groups is 1. The molecule has 1 heterocycles. The monoisotopic (exact) mass is 281 g/mol. The molecule has 19 heavy (non-hydrogen) atoms. The first-order chi connectivity index (χ1) is 8.69.